The summed E-state index contributed by atoms with van der Waals surface area (Å²) < 4.78 is 39.5. The summed E-state index contributed by atoms with van der Waals surface area (Å²) in [5.74, 6) is -3.31. The van der Waals surface area contributed by atoms with Gasteiger partial charge in [0.15, 0.2) is 11.6 Å². The molecular formula is C33H31F2NO6. The Morgan fingerprint density at radius 2 is 1.64 bits per heavy atom. The predicted octanol–water partition coefficient (Wildman–Crippen LogP) is 7.16. The zero-order valence-corrected chi connectivity index (χ0v) is 23.0. The van der Waals surface area contributed by atoms with Gasteiger partial charge in [-0.2, -0.15) is 4.39 Å². The summed E-state index contributed by atoms with van der Waals surface area (Å²) in [5.41, 5.74) is 3.45. The molecular weight excluding hydrogens is 544 g/mol. The average molecular weight is 576 g/mol. The van der Waals surface area contributed by atoms with E-state index in [1.165, 1.54) is 12.1 Å². The minimum Gasteiger partial charge on any atom is -0.490 e. The highest BCUT2D eigenvalue weighted by Gasteiger charge is 2.19. The largest absolute Gasteiger partial charge is 0.490 e. The molecule has 42 heavy (non-hydrogen) atoms. The summed E-state index contributed by atoms with van der Waals surface area (Å²) in [6.07, 6.45) is 10.1. The Labute approximate surface area is 241 Å². The third-order valence-corrected chi connectivity index (χ3v) is 6.68. The molecule has 0 fully saturated rings. The molecule has 0 aliphatic rings. The van der Waals surface area contributed by atoms with E-state index in [-0.39, 0.29) is 25.4 Å². The second-order valence-corrected chi connectivity index (χ2v) is 9.61. The zero-order chi connectivity index (χ0) is 30.1. The summed E-state index contributed by atoms with van der Waals surface area (Å²) in [4.78, 5) is 22.8. The number of hydrogen-bond acceptors (Lipinski definition) is 4. The summed E-state index contributed by atoms with van der Waals surface area (Å²) >= 11 is 0. The number of carboxylic acid groups (broad SMARTS) is 2. The lowest BCUT2D eigenvalue weighted by Crippen LogP contribution is -2.14. The van der Waals surface area contributed by atoms with Gasteiger partial charge in [0, 0.05) is 18.0 Å². The number of carboxylic acids is 2. The van der Waals surface area contributed by atoms with Crippen LogP contribution in [0, 0.1) is 11.6 Å². The van der Waals surface area contributed by atoms with Crippen molar-refractivity contribution in [3.05, 3.63) is 107 Å². The highest BCUT2D eigenvalue weighted by Crippen LogP contribution is 2.30. The number of aryl methyl sites for hydroxylation is 1. The number of ether oxygens (including phenoxy) is 2. The number of para-hydroxylation sites is 1. The Bertz CT molecular complexity index is 1610. The molecule has 0 aliphatic carbocycles. The van der Waals surface area contributed by atoms with Crippen molar-refractivity contribution in [2.75, 3.05) is 13.2 Å². The van der Waals surface area contributed by atoms with Crippen LogP contribution in [0.15, 0.2) is 79.0 Å². The summed E-state index contributed by atoms with van der Waals surface area (Å²) in [7, 11) is 0. The second kappa shape index (κ2) is 14.1. The van der Waals surface area contributed by atoms with Crippen LogP contribution in [0.1, 0.15) is 42.5 Å². The summed E-state index contributed by atoms with van der Waals surface area (Å²) in [5, 5.41) is 19.6. The Hall–Kier alpha value is -4.92. The molecule has 0 saturated heterocycles. The lowest BCUT2D eigenvalue weighted by Gasteiger charge is -2.12. The van der Waals surface area contributed by atoms with Crippen molar-refractivity contribution >= 4 is 35.0 Å². The van der Waals surface area contributed by atoms with Crippen LogP contribution in [0.4, 0.5) is 8.78 Å². The molecule has 0 amide bonds. The summed E-state index contributed by atoms with van der Waals surface area (Å²) in [6, 6.07) is 16.1. The summed E-state index contributed by atoms with van der Waals surface area (Å²) in [6.45, 7) is 1.95. The van der Waals surface area contributed by atoms with Crippen molar-refractivity contribution < 1.29 is 38.1 Å². The van der Waals surface area contributed by atoms with Gasteiger partial charge in [0.05, 0.1) is 5.52 Å². The van der Waals surface area contributed by atoms with Gasteiger partial charge >= 0.3 is 11.9 Å². The first kappa shape index (κ1) is 30.0. The number of halogens is 2. The maximum atomic E-state index is 13.6. The first-order chi connectivity index (χ1) is 20.2. The Balaban J connectivity index is 1.40. The standard InChI is InChI=1S/C33H31F2NO6/c1-22(33(39)40)36-21-25(8-5-12-30(37)38)27-9-4-7-24(32(27)36)16-13-23-14-17-26(18-15-23)41-19-2-3-20-42-29-11-6-10-28(34)31(29)35/h2-4,6-7,9-11,13-18,21-22H,5,8,12,19-20H2,1H3,(H,37,38)(H,39,40). The molecule has 0 radical (unpaired) electrons. The van der Waals surface area contributed by atoms with E-state index >= 15 is 0 Å². The van der Waals surface area contributed by atoms with Crippen LogP contribution in [-0.4, -0.2) is 39.9 Å². The topological polar surface area (TPSA) is 98.0 Å². The van der Waals surface area contributed by atoms with E-state index in [9.17, 15) is 23.5 Å². The molecule has 0 bridgehead atoms. The highest BCUT2D eigenvalue weighted by molar-refractivity contribution is 5.94. The van der Waals surface area contributed by atoms with Gasteiger partial charge in [0.1, 0.15) is 25.0 Å². The molecule has 7 nitrogen and oxygen atoms in total. The minimum atomic E-state index is -1.02. The number of nitrogens with zero attached hydrogens (tertiary/aromatic N) is 1. The molecule has 1 unspecified atom stereocenters. The third-order valence-electron chi connectivity index (χ3n) is 6.68. The maximum Gasteiger partial charge on any atom is 0.326 e. The van der Waals surface area contributed by atoms with E-state index in [0.717, 1.165) is 33.7 Å². The average Bonchev–Trinajstić information content (AvgIpc) is 3.35. The highest BCUT2D eigenvalue weighted by atomic mass is 19.2. The van der Waals surface area contributed by atoms with Gasteiger partial charge in [0.2, 0.25) is 5.82 Å². The van der Waals surface area contributed by atoms with Crippen LogP contribution in [0.25, 0.3) is 23.1 Å². The molecule has 4 aromatic rings. The van der Waals surface area contributed by atoms with Crippen LogP contribution in [0.3, 0.4) is 0 Å². The van der Waals surface area contributed by atoms with E-state index in [2.05, 4.69) is 0 Å². The van der Waals surface area contributed by atoms with Crippen LogP contribution in [0.5, 0.6) is 11.5 Å². The predicted molar refractivity (Wildman–Crippen MR) is 157 cm³/mol. The quantitative estimate of drug-likeness (QED) is 0.122. The van der Waals surface area contributed by atoms with E-state index in [1.807, 2.05) is 60.8 Å². The number of aromatic nitrogens is 1. The molecule has 0 spiro atoms. The van der Waals surface area contributed by atoms with Gasteiger partial charge in [-0.1, -0.05) is 48.6 Å². The number of carbonyl (C=O) groups is 2. The van der Waals surface area contributed by atoms with Crippen molar-refractivity contribution in [3.63, 3.8) is 0 Å². The van der Waals surface area contributed by atoms with Gasteiger partial charge in [-0.3, -0.25) is 4.79 Å². The normalized spacial score (nSPS) is 12.3. The molecule has 1 heterocycles. The van der Waals surface area contributed by atoms with E-state index in [1.54, 1.807) is 23.6 Å². The smallest absolute Gasteiger partial charge is 0.326 e. The molecule has 0 aliphatic heterocycles. The number of fused-ring (bicyclic) bond motifs is 1. The lowest BCUT2D eigenvalue weighted by molar-refractivity contribution is -0.140. The fourth-order valence-corrected chi connectivity index (χ4v) is 4.47. The molecule has 4 rings (SSSR count). The fourth-order valence-electron chi connectivity index (χ4n) is 4.47. The van der Waals surface area contributed by atoms with Crippen molar-refractivity contribution in [1.82, 2.24) is 4.57 Å². The van der Waals surface area contributed by atoms with Crippen molar-refractivity contribution in [3.8, 4) is 11.5 Å². The first-order valence-electron chi connectivity index (χ1n) is 13.4. The first-order valence-corrected chi connectivity index (χ1v) is 13.4. The fraction of sp³-hybridized carbons (Fsp3) is 0.212. The lowest BCUT2D eigenvalue weighted by atomic mass is 10.0. The minimum absolute atomic E-state index is 0.0446. The molecule has 1 aromatic heterocycles. The monoisotopic (exact) mass is 575 g/mol. The SMILES string of the molecule is CC(C(=O)O)n1cc(CCCC(=O)O)c2cccc(C=Cc3ccc(OCC=CCOc4cccc(F)c4F)cc3)c21. The van der Waals surface area contributed by atoms with Gasteiger partial charge in [-0.05, 0) is 72.9 Å². The van der Waals surface area contributed by atoms with Gasteiger partial charge in [0.25, 0.3) is 0 Å². The van der Waals surface area contributed by atoms with Crippen LogP contribution in [0.2, 0.25) is 0 Å². The Morgan fingerprint density at radius 1 is 0.929 bits per heavy atom. The van der Waals surface area contributed by atoms with Crippen LogP contribution < -0.4 is 9.47 Å². The number of hydrogen-bond donors (Lipinski definition) is 2. The maximum absolute atomic E-state index is 13.6. The molecule has 218 valence electrons. The van der Waals surface area contributed by atoms with Crippen molar-refractivity contribution in [2.45, 2.75) is 32.2 Å². The Kier molecular flexibility index (Phi) is 10.1. The zero-order valence-electron chi connectivity index (χ0n) is 23.0. The van der Waals surface area contributed by atoms with Crippen molar-refractivity contribution in [1.29, 1.82) is 0 Å². The Morgan fingerprint density at radius 3 is 2.36 bits per heavy atom. The van der Waals surface area contributed by atoms with E-state index < -0.39 is 29.6 Å². The number of aliphatic carboxylic acids is 2. The van der Waals surface area contributed by atoms with Crippen molar-refractivity contribution in [2.24, 2.45) is 0 Å². The third kappa shape index (κ3) is 7.63. The molecule has 3 aromatic carbocycles. The van der Waals surface area contributed by atoms with Crippen LogP contribution in [-0.2, 0) is 16.0 Å². The number of benzene rings is 3. The van der Waals surface area contributed by atoms with E-state index in [4.69, 9.17) is 14.6 Å². The van der Waals surface area contributed by atoms with E-state index in [0.29, 0.717) is 18.6 Å². The second-order valence-electron chi connectivity index (χ2n) is 9.61. The molecule has 1 atom stereocenters. The van der Waals surface area contributed by atoms with Gasteiger partial charge in [-0.25, -0.2) is 9.18 Å². The van der Waals surface area contributed by atoms with Crippen LogP contribution >= 0.6 is 0 Å². The molecule has 9 heteroatoms. The molecule has 2 N–H and O–H groups in total. The number of rotatable bonds is 14. The van der Waals surface area contributed by atoms with Gasteiger partial charge < -0.3 is 24.3 Å². The van der Waals surface area contributed by atoms with Gasteiger partial charge in [-0.15, -0.1) is 0 Å². The molecule has 0 saturated carbocycles.